The van der Waals surface area contributed by atoms with Crippen LogP contribution < -0.4 is 9.47 Å². The summed E-state index contributed by atoms with van der Waals surface area (Å²) >= 11 is 3.45. The van der Waals surface area contributed by atoms with E-state index < -0.39 is 6.10 Å². The molecule has 0 fully saturated rings. The lowest BCUT2D eigenvalue weighted by Gasteiger charge is -2.16. The number of hydrogen-bond acceptors (Lipinski definition) is 5. The first-order valence-electron chi connectivity index (χ1n) is 5.96. The van der Waals surface area contributed by atoms with E-state index in [1.54, 1.807) is 0 Å². The van der Waals surface area contributed by atoms with Gasteiger partial charge in [-0.25, -0.2) is 4.98 Å². The zero-order valence-corrected chi connectivity index (χ0v) is 13.0. The third kappa shape index (κ3) is 2.76. The van der Waals surface area contributed by atoms with E-state index in [0.29, 0.717) is 11.6 Å². The number of aromatic nitrogens is 2. The Morgan fingerprint density at radius 1 is 1.25 bits per heavy atom. The van der Waals surface area contributed by atoms with Crippen molar-refractivity contribution in [2.24, 2.45) is 0 Å². The fourth-order valence-corrected chi connectivity index (χ4v) is 2.25. The van der Waals surface area contributed by atoms with Crippen LogP contribution in [0.15, 0.2) is 28.9 Å². The largest absolute Gasteiger partial charge is 0.480 e. The summed E-state index contributed by atoms with van der Waals surface area (Å²) in [6.45, 7) is 1.92. The Kier molecular flexibility index (Phi) is 4.57. The molecule has 0 bridgehead atoms. The van der Waals surface area contributed by atoms with Gasteiger partial charge in [0.25, 0.3) is 0 Å². The van der Waals surface area contributed by atoms with Gasteiger partial charge in [-0.1, -0.05) is 28.1 Å². The van der Waals surface area contributed by atoms with Crippen LogP contribution in [0.25, 0.3) is 0 Å². The minimum Gasteiger partial charge on any atom is -0.480 e. The average Bonchev–Trinajstić information content (AvgIpc) is 2.48. The van der Waals surface area contributed by atoms with E-state index in [1.165, 1.54) is 20.4 Å². The number of aliphatic hydroxyl groups excluding tert-OH is 1. The minimum atomic E-state index is -0.916. The number of benzene rings is 1. The first-order valence-corrected chi connectivity index (χ1v) is 6.75. The van der Waals surface area contributed by atoms with E-state index in [2.05, 4.69) is 25.9 Å². The Balaban J connectivity index is 2.47. The number of rotatable bonds is 4. The number of halogens is 1. The van der Waals surface area contributed by atoms with Crippen LogP contribution in [0.4, 0.5) is 0 Å². The molecule has 1 heterocycles. The van der Waals surface area contributed by atoms with Gasteiger partial charge in [-0.05, 0) is 24.1 Å². The highest BCUT2D eigenvalue weighted by Gasteiger charge is 2.21. The number of hydrogen-bond donors (Lipinski definition) is 1. The van der Waals surface area contributed by atoms with Crippen LogP contribution in [0.2, 0.25) is 0 Å². The molecule has 0 saturated heterocycles. The van der Waals surface area contributed by atoms with Gasteiger partial charge in [0, 0.05) is 4.47 Å². The fraction of sp³-hybridized carbons (Fsp3) is 0.286. The maximum Gasteiger partial charge on any atom is 0.241 e. The lowest BCUT2D eigenvalue weighted by Crippen LogP contribution is -2.08. The zero-order chi connectivity index (χ0) is 14.7. The quantitative estimate of drug-likeness (QED) is 0.928. The summed E-state index contributed by atoms with van der Waals surface area (Å²) in [6, 6.07) is 5.62. The Morgan fingerprint density at radius 2 is 2.00 bits per heavy atom. The van der Waals surface area contributed by atoms with Gasteiger partial charge in [0.05, 0.1) is 20.4 Å². The van der Waals surface area contributed by atoms with Gasteiger partial charge >= 0.3 is 0 Å². The SMILES string of the molecule is COc1cnc(C(O)c2cccc(Br)c2C)c(OC)n1. The molecule has 5 nitrogen and oxygen atoms in total. The first-order chi connectivity index (χ1) is 9.58. The van der Waals surface area contributed by atoms with Crippen molar-refractivity contribution in [2.45, 2.75) is 13.0 Å². The predicted molar refractivity (Wildman–Crippen MR) is 78.1 cm³/mol. The second kappa shape index (κ2) is 6.19. The van der Waals surface area contributed by atoms with Crippen molar-refractivity contribution in [3.63, 3.8) is 0 Å². The lowest BCUT2D eigenvalue weighted by molar-refractivity contribution is 0.206. The van der Waals surface area contributed by atoms with Crippen molar-refractivity contribution in [1.29, 1.82) is 0 Å². The summed E-state index contributed by atoms with van der Waals surface area (Å²) in [7, 11) is 2.98. The molecule has 0 radical (unpaired) electrons. The molecule has 1 N–H and O–H groups in total. The molecule has 0 spiro atoms. The number of aliphatic hydroxyl groups is 1. The summed E-state index contributed by atoms with van der Waals surface area (Å²) in [4.78, 5) is 8.32. The van der Waals surface area contributed by atoms with Gasteiger partial charge in [-0.3, -0.25) is 0 Å². The van der Waals surface area contributed by atoms with Crippen molar-refractivity contribution >= 4 is 15.9 Å². The van der Waals surface area contributed by atoms with Crippen molar-refractivity contribution in [1.82, 2.24) is 9.97 Å². The van der Waals surface area contributed by atoms with Gasteiger partial charge < -0.3 is 14.6 Å². The molecule has 0 aliphatic carbocycles. The molecule has 0 aliphatic heterocycles. The van der Waals surface area contributed by atoms with E-state index in [0.717, 1.165) is 15.6 Å². The molecular formula is C14H15BrN2O3. The van der Waals surface area contributed by atoms with E-state index in [-0.39, 0.29) is 5.88 Å². The van der Waals surface area contributed by atoms with Crippen LogP contribution >= 0.6 is 15.9 Å². The summed E-state index contributed by atoms with van der Waals surface area (Å²) in [6.07, 6.45) is 0.537. The molecule has 0 aliphatic rings. The first kappa shape index (κ1) is 14.7. The molecule has 1 atom stereocenters. The molecule has 0 saturated carbocycles. The molecule has 1 aromatic carbocycles. The van der Waals surface area contributed by atoms with Gasteiger partial charge in [-0.2, -0.15) is 4.98 Å². The highest BCUT2D eigenvalue weighted by Crippen LogP contribution is 2.32. The molecule has 0 amide bonds. The second-order valence-electron chi connectivity index (χ2n) is 4.16. The van der Waals surface area contributed by atoms with Crippen LogP contribution in [-0.4, -0.2) is 29.3 Å². The summed E-state index contributed by atoms with van der Waals surface area (Å²) in [5.74, 6) is 0.583. The van der Waals surface area contributed by atoms with Crippen LogP contribution in [0, 0.1) is 6.92 Å². The van der Waals surface area contributed by atoms with E-state index in [1.807, 2.05) is 25.1 Å². The van der Waals surface area contributed by atoms with Crippen LogP contribution in [0.3, 0.4) is 0 Å². The van der Waals surface area contributed by atoms with Crippen LogP contribution in [0.5, 0.6) is 11.8 Å². The average molecular weight is 339 g/mol. The molecule has 106 valence electrons. The normalized spacial score (nSPS) is 12.1. The third-order valence-corrected chi connectivity index (χ3v) is 3.87. The second-order valence-corrected chi connectivity index (χ2v) is 5.02. The molecular weight excluding hydrogens is 324 g/mol. The Bertz CT molecular complexity index is 619. The molecule has 20 heavy (non-hydrogen) atoms. The fourth-order valence-electron chi connectivity index (χ4n) is 1.87. The highest BCUT2D eigenvalue weighted by atomic mass is 79.9. The standard InChI is InChI=1S/C14H15BrN2O3/c1-8-9(5-4-6-10(8)15)13(18)12-14(20-3)17-11(19-2)7-16-12/h4-7,13,18H,1-3H3. The molecule has 2 rings (SSSR count). The smallest absolute Gasteiger partial charge is 0.241 e. The summed E-state index contributed by atoms with van der Waals surface area (Å²) in [5, 5.41) is 10.5. The molecule has 2 aromatic rings. The Hall–Kier alpha value is -1.66. The highest BCUT2D eigenvalue weighted by molar-refractivity contribution is 9.10. The Morgan fingerprint density at radius 3 is 2.65 bits per heavy atom. The van der Waals surface area contributed by atoms with Gasteiger partial charge in [-0.15, -0.1) is 0 Å². The summed E-state index contributed by atoms with van der Waals surface area (Å²) in [5.41, 5.74) is 2.05. The molecule has 1 aromatic heterocycles. The predicted octanol–water partition coefficient (Wildman–Crippen LogP) is 2.65. The van der Waals surface area contributed by atoms with E-state index >= 15 is 0 Å². The maximum atomic E-state index is 10.5. The third-order valence-electron chi connectivity index (χ3n) is 3.01. The monoisotopic (exact) mass is 338 g/mol. The Labute approximate surface area is 125 Å². The van der Waals surface area contributed by atoms with Crippen molar-refractivity contribution in [3.8, 4) is 11.8 Å². The van der Waals surface area contributed by atoms with Crippen molar-refractivity contribution in [3.05, 3.63) is 45.7 Å². The number of ether oxygens (including phenoxy) is 2. The molecule has 6 heteroatoms. The van der Waals surface area contributed by atoms with Gasteiger partial charge in [0.15, 0.2) is 0 Å². The van der Waals surface area contributed by atoms with E-state index in [4.69, 9.17) is 9.47 Å². The zero-order valence-electron chi connectivity index (χ0n) is 11.4. The topological polar surface area (TPSA) is 64.5 Å². The van der Waals surface area contributed by atoms with Gasteiger partial charge in [0.1, 0.15) is 11.8 Å². The molecule has 1 unspecified atom stereocenters. The van der Waals surface area contributed by atoms with E-state index in [9.17, 15) is 5.11 Å². The number of nitrogens with zero attached hydrogens (tertiary/aromatic N) is 2. The number of methoxy groups -OCH3 is 2. The van der Waals surface area contributed by atoms with Crippen LogP contribution in [0.1, 0.15) is 22.9 Å². The lowest BCUT2D eigenvalue weighted by atomic mass is 10.0. The van der Waals surface area contributed by atoms with Crippen molar-refractivity contribution in [2.75, 3.05) is 14.2 Å². The summed E-state index contributed by atoms with van der Waals surface area (Å²) < 4.78 is 11.1. The minimum absolute atomic E-state index is 0.247. The van der Waals surface area contributed by atoms with Crippen molar-refractivity contribution < 1.29 is 14.6 Å². The van der Waals surface area contributed by atoms with Crippen LogP contribution in [-0.2, 0) is 0 Å². The maximum absolute atomic E-state index is 10.5. The van der Waals surface area contributed by atoms with Gasteiger partial charge in [0.2, 0.25) is 11.8 Å².